The maximum Gasteiger partial charge on any atom is 0.471 e. The molecule has 1 aliphatic carbocycles. The predicted molar refractivity (Wildman–Crippen MR) is 105 cm³/mol. The Balaban J connectivity index is 1.43. The van der Waals surface area contributed by atoms with Crippen LogP contribution in [0.25, 0.3) is 0 Å². The van der Waals surface area contributed by atoms with Gasteiger partial charge < -0.3 is 15.1 Å². The fourth-order valence-corrected chi connectivity index (χ4v) is 4.47. The molecule has 1 spiro atoms. The molecule has 0 bridgehead atoms. The van der Waals surface area contributed by atoms with E-state index in [0.29, 0.717) is 25.3 Å². The molecule has 1 N–H and O–H groups in total. The fourth-order valence-electron chi connectivity index (χ4n) is 4.47. The summed E-state index contributed by atoms with van der Waals surface area (Å²) < 4.78 is 65.9. The summed E-state index contributed by atoms with van der Waals surface area (Å²) in [4.78, 5) is 25.2. The van der Waals surface area contributed by atoms with Gasteiger partial charge >= 0.3 is 12.1 Å². The second-order valence-corrected chi connectivity index (χ2v) is 8.64. The highest BCUT2D eigenvalue weighted by Gasteiger charge is 2.55. The summed E-state index contributed by atoms with van der Waals surface area (Å²) in [5.41, 5.74) is -0.324. The number of hydrogen-bond acceptors (Lipinski definition) is 3. The standard InChI is InChI=1S/C21H26F5N3O2/c1-28(2)18(30)17-15(22)10-14(11-16(17)23)27-7-3-4-13-12-20(13)5-8-29(9-6-20)19(31)21(24,25)26/h10-11,13,27H,3-9,12H2,1-2H3/t13-/m0/s1. The van der Waals surface area contributed by atoms with E-state index in [9.17, 15) is 31.5 Å². The van der Waals surface area contributed by atoms with Gasteiger partial charge in [0.25, 0.3) is 5.91 Å². The van der Waals surface area contributed by atoms with Crippen LogP contribution in [0.5, 0.6) is 0 Å². The lowest BCUT2D eigenvalue weighted by Crippen LogP contribution is -2.46. The summed E-state index contributed by atoms with van der Waals surface area (Å²) in [5, 5.41) is 2.95. The minimum Gasteiger partial charge on any atom is -0.385 e. The van der Waals surface area contributed by atoms with E-state index in [0.717, 1.165) is 41.2 Å². The Bertz CT molecular complexity index is 825. The lowest BCUT2D eigenvalue weighted by Gasteiger charge is -2.33. The average Bonchev–Trinajstić information content (AvgIpc) is 3.35. The van der Waals surface area contributed by atoms with Gasteiger partial charge in [-0.3, -0.25) is 9.59 Å². The normalized spacial score (nSPS) is 20.0. The number of amides is 2. The molecule has 1 saturated carbocycles. The number of nitrogens with zero attached hydrogens (tertiary/aromatic N) is 2. The molecule has 0 aromatic heterocycles. The molecule has 2 amide bonds. The van der Waals surface area contributed by atoms with Crippen LogP contribution in [0.3, 0.4) is 0 Å². The van der Waals surface area contributed by atoms with Crippen LogP contribution < -0.4 is 5.32 Å². The van der Waals surface area contributed by atoms with Crippen molar-refractivity contribution in [3.63, 3.8) is 0 Å². The SMILES string of the molecule is CN(C)C(=O)c1c(F)cc(NCCC[C@H]2CC23CCN(C(=O)C(F)(F)F)CC3)cc1F. The molecule has 1 aliphatic heterocycles. The van der Waals surface area contributed by atoms with Crippen LogP contribution in [-0.2, 0) is 4.79 Å². The number of anilines is 1. The lowest BCUT2D eigenvalue weighted by atomic mass is 9.89. The van der Waals surface area contributed by atoms with E-state index in [1.165, 1.54) is 14.1 Å². The molecule has 1 aromatic carbocycles. The highest BCUT2D eigenvalue weighted by molar-refractivity contribution is 5.94. The molecule has 1 aromatic rings. The predicted octanol–water partition coefficient (Wildman–Crippen LogP) is 4.05. The van der Waals surface area contributed by atoms with Crippen molar-refractivity contribution in [1.29, 1.82) is 0 Å². The number of rotatable bonds is 6. The number of carbonyl (C=O) groups is 2. The Morgan fingerprint density at radius 2 is 1.74 bits per heavy atom. The van der Waals surface area contributed by atoms with E-state index in [4.69, 9.17) is 0 Å². The third-order valence-corrected chi connectivity index (χ3v) is 6.37. The van der Waals surface area contributed by atoms with Crippen LogP contribution in [0.2, 0.25) is 0 Å². The summed E-state index contributed by atoms with van der Waals surface area (Å²) in [6, 6.07) is 2.18. The van der Waals surface area contributed by atoms with Crippen LogP contribution in [0, 0.1) is 23.0 Å². The minimum atomic E-state index is -4.82. The van der Waals surface area contributed by atoms with Crippen LogP contribution >= 0.6 is 0 Å². The quantitative estimate of drug-likeness (QED) is 0.529. The number of benzene rings is 1. The minimum absolute atomic E-state index is 0.0226. The van der Waals surface area contributed by atoms with Crippen LogP contribution in [0.4, 0.5) is 27.6 Å². The van der Waals surface area contributed by atoms with Gasteiger partial charge in [0, 0.05) is 39.4 Å². The van der Waals surface area contributed by atoms with E-state index in [-0.39, 0.29) is 24.2 Å². The van der Waals surface area contributed by atoms with Crippen LogP contribution in [0.15, 0.2) is 12.1 Å². The first-order valence-corrected chi connectivity index (χ1v) is 10.3. The third kappa shape index (κ3) is 5.10. The van der Waals surface area contributed by atoms with Crippen molar-refractivity contribution in [2.45, 2.75) is 38.3 Å². The Morgan fingerprint density at radius 3 is 2.26 bits per heavy atom. The van der Waals surface area contributed by atoms with E-state index >= 15 is 0 Å². The van der Waals surface area contributed by atoms with E-state index in [1.807, 2.05) is 0 Å². The van der Waals surface area contributed by atoms with Crippen LogP contribution in [0.1, 0.15) is 42.5 Å². The topological polar surface area (TPSA) is 52.7 Å². The zero-order chi connectivity index (χ0) is 23.0. The van der Waals surface area contributed by atoms with Crippen molar-refractivity contribution in [3.8, 4) is 0 Å². The zero-order valence-corrected chi connectivity index (χ0v) is 17.5. The van der Waals surface area contributed by atoms with Gasteiger partial charge in [-0.25, -0.2) is 8.78 Å². The van der Waals surface area contributed by atoms with Crippen molar-refractivity contribution < 1.29 is 31.5 Å². The largest absolute Gasteiger partial charge is 0.471 e. The number of alkyl halides is 3. The number of halogens is 5. The average molecular weight is 447 g/mol. The maximum atomic E-state index is 14.1. The molecule has 0 unspecified atom stereocenters. The van der Waals surface area contributed by atoms with Gasteiger partial charge in [-0.1, -0.05) is 0 Å². The molecule has 0 radical (unpaired) electrons. The maximum absolute atomic E-state index is 14.1. The molecule has 5 nitrogen and oxygen atoms in total. The summed E-state index contributed by atoms with van der Waals surface area (Å²) in [5.74, 6) is -3.97. The van der Waals surface area contributed by atoms with Gasteiger partial charge in [0.1, 0.15) is 17.2 Å². The second kappa shape index (κ2) is 8.63. The second-order valence-electron chi connectivity index (χ2n) is 8.64. The van der Waals surface area contributed by atoms with Crippen LogP contribution in [-0.4, -0.2) is 61.5 Å². The van der Waals surface area contributed by atoms with Gasteiger partial charge in [-0.15, -0.1) is 0 Å². The Morgan fingerprint density at radius 1 is 1.16 bits per heavy atom. The van der Waals surface area contributed by atoms with Gasteiger partial charge in [-0.2, -0.15) is 13.2 Å². The Hall–Kier alpha value is -2.39. The molecule has 31 heavy (non-hydrogen) atoms. The monoisotopic (exact) mass is 447 g/mol. The molecule has 1 saturated heterocycles. The van der Waals surface area contributed by atoms with Gasteiger partial charge in [0.05, 0.1) is 0 Å². The Kier molecular flexibility index (Phi) is 6.48. The van der Waals surface area contributed by atoms with E-state index in [1.54, 1.807) is 0 Å². The van der Waals surface area contributed by atoms with Crippen molar-refractivity contribution in [2.75, 3.05) is 39.0 Å². The Labute approximate surface area is 177 Å². The number of nitrogens with one attached hydrogen (secondary N) is 1. The van der Waals surface area contributed by atoms with Gasteiger partial charge in [0.15, 0.2) is 0 Å². The first-order valence-electron chi connectivity index (χ1n) is 10.3. The summed E-state index contributed by atoms with van der Waals surface area (Å²) in [7, 11) is 2.83. The smallest absolute Gasteiger partial charge is 0.385 e. The lowest BCUT2D eigenvalue weighted by molar-refractivity contribution is -0.187. The molecule has 10 heteroatoms. The zero-order valence-electron chi connectivity index (χ0n) is 17.5. The summed E-state index contributed by atoms with van der Waals surface area (Å²) in [6.45, 7) is 0.735. The fraction of sp³-hybridized carbons (Fsp3) is 0.619. The highest BCUT2D eigenvalue weighted by atomic mass is 19.4. The first-order chi connectivity index (χ1) is 14.4. The number of carbonyl (C=O) groups excluding carboxylic acids is 2. The van der Waals surface area contributed by atoms with Crippen molar-refractivity contribution in [3.05, 3.63) is 29.3 Å². The van der Waals surface area contributed by atoms with Gasteiger partial charge in [0.2, 0.25) is 0 Å². The van der Waals surface area contributed by atoms with E-state index < -0.39 is 35.2 Å². The number of likely N-dealkylation sites (tertiary alicyclic amines) is 1. The third-order valence-electron chi connectivity index (χ3n) is 6.37. The molecular formula is C21H26F5N3O2. The number of hydrogen-bond donors (Lipinski definition) is 1. The molecule has 172 valence electrons. The van der Waals surface area contributed by atoms with Crippen molar-refractivity contribution in [2.24, 2.45) is 11.3 Å². The summed E-state index contributed by atoms with van der Waals surface area (Å²) in [6.07, 6.45) is -1.15. The molecule has 1 heterocycles. The van der Waals surface area contributed by atoms with Crippen molar-refractivity contribution >= 4 is 17.5 Å². The molecular weight excluding hydrogens is 421 g/mol. The molecule has 2 aliphatic rings. The molecule has 1 atom stereocenters. The first kappa shape index (κ1) is 23.3. The summed E-state index contributed by atoms with van der Waals surface area (Å²) >= 11 is 0. The molecule has 2 fully saturated rings. The number of piperidine rings is 1. The molecule has 3 rings (SSSR count). The van der Waals surface area contributed by atoms with Gasteiger partial charge in [-0.05, 0) is 55.6 Å². The highest BCUT2D eigenvalue weighted by Crippen LogP contribution is 2.61. The van der Waals surface area contributed by atoms with Crippen molar-refractivity contribution in [1.82, 2.24) is 9.80 Å². The van der Waals surface area contributed by atoms with E-state index in [2.05, 4.69) is 5.32 Å².